The monoisotopic (exact) mass is 229 g/mol. The Kier molecular flexibility index (Phi) is 5.14. The predicted octanol–water partition coefficient (Wildman–Crippen LogP) is 4.16. The van der Waals surface area contributed by atoms with Gasteiger partial charge in [-0.15, -0.1) is 0 Å². The van der Waals surface area contributed by atoms with Crippen molar-refractivity contribution in [3.63, 3.8) is 0 Å². The van der Waals surface area contributed by atoms with Crippen LogP contribution in [0.3, 0.4) is 0 Å². The van der Waals surface area contributed by atoms with Gasteiger partial charge in [0.1, 0.15) is 5.65 Å². The second kappa shape index (κ2) is 6.63. The highest BCUT2D eigenvalue weighted by Crippen LogP contribution is 2.20. The van der Waals surface area contributed by atoms with Crippen molar-refractivity contribution in [3.05, 3.63) is 36.7 Å². The van der Waals surface area contributed by atoms with E-state index in [9.17, 15) is 0 Å². The van der Waals surface area contributed by atoms with Gasteiger partial charge >= 0.3 is 0 Å². The highest BCUT2D eigenvalue weighted by Gasteiger charge is 2.02. The maximum absolute atomic E-state index is 4.30. The fourth-order valence-electron chi connectivity index (χ4n) is 1.54. The lowest BCUT2D eigenvalue weighted by molar-refractivity contribution is 1.35. The Labute approximate surface area is 102 Å². The van der Waals surface area contributed by atoms with Gasteiger partial charge in [-0.1, -0.05) is 27.7 Å². The quantitative estimate of drug-likeness (QED) is 0.628. The highest BCUT2D eigenvalue weighted by atomic mass is 14.9. The van der Waals surface area contributed by atoms with E-state index in [4.69, 9.17) is 0 Å². The molecule has 3 heterocycles. The molecule has 3 aromatic heterocycles. The number of nitrogens with zero attached hydrogens (tertiary/aromatic N) is 2. The predicted molar refractivity (Wildman–Crippen MR) is 74.1 cm³/mol. The molecule has 0 aliphatic rings. The smallest absolute Gasteiger partial charge is 0.139 e. The van der Waals surface area contributed by atoms with Gasteiger partial charge in [-0.3, -0.25) is 4.98 Å². The van der Waals surface area contributed by atoms with E-state index in [1.807, 2.05) is 52.0 Å². The van der Waals surface area contributed by atoms with E-state index in [0.717, 1.165) is 22.1 Å². The lowest BCUT2D eigenvalue weighted by Gasteiger charge is -1.86. The van der Waals surface area contributed by atoms with Gasteiger partial charge in [0.2, 0.25) is 0 Å². The molecule has 0 radical (unpaired) electrons. The highest BCUT2D eigenvalue weighted by molar-refractivity contribution is 6.02. The topological polar surface area (TPSA) is 41.6 Å². The number of nitrogens with one attached hydrogen (secondary N) is 1. The molecule has 0 saturated heterocycles. The summed E-state index contributed by atoms with van der Waals surface area (Å²) in [5.41, 5.74) is 2.93. The molecule has 3 aromatic rings. The normalized spacial score (nSPS) is 9.18. The number of aromatic nitrogens is 3. The fourth-order valence-corrected chi connectivity index (χ4v) is 1.54. The van der Waals surface area contributed by atoms with E-state index in [2.05, 4.69) is 15.0 Å². The number of hydrogen-bond donors (Lipinski definition) is 1. The minimum Gasteiger partial charge on any atom is -0.338 e. The summed E-state index contributed by atoms with van der Waals surface area (Å²) in [5, 5.41) is 1.08. The number of aromatic amines is 1. The third-order valence-corrected chi connectivity index (χ3v) is 2.12. The Morgan fingerprint density at radius 1 is 0.882 bits per heavy atom. The van der Waals surface area contributed by atoms with Gasteiger partial charge in [-0.05, 0) is 24.3 Å². The minimum atomic E-state index is 0.899. The van der Waals surface area contributed by atoms with Crippen molar-refractivity contribution in [2.75, 3.05) is 0 Å². The van der Waals surface area contributed by atoms with Crippen LogP contribution in [0.2, 0.25) is 0 Å². The maximum atomic E-state index is 4.30. The average Bonchev–Trinajstić information content (AvgIpc) is 2.82. The molecular weight excluding hydrogens is 210 g/mol. The van der Waals surface area contributed by atoms with Crippen LogP contribution in [0.25, 0.3) is 22.1 Å². The van der Waals surface area contributed by atoms with Crippen LogP contribution in [0, 0.1) is 0 Å². The van der Waals surface area contributed by atoms with Crippen LogP contribution in [0.4, 0.5) is 0 Å². The molecule has 0 aliphatic heterocycles. The Morgan fingerprint density at radius 3 is 2.29 bits per heavy atom. The molecule has 0 saturated carbocycles. The summed E-state index contributed by atoms with van der Waals surface area (Å²) in [6.07, 6.45) is 3.57. The Hall–Kier alpha value is -1.90. The van der Waals surface area contributed by atoms with E-state index >= 15 is 0 Å². The van der Waals surface area contributed by atoms with Crippen LogP contribution in [0.5, 0.6) is 0 Å². The molecular formula is C14H19N3. The van der Waals surface area contributed by atoms with Crippen LogP contribution in [0.15, 0.2) is 36.7 Å². The minimum absolute atomic E-state index is 0.899. The summed E-state index contributed by atoms with van der Waals surface area (Å²) >= 11 is 0. The van der Waals surface area contributed by atoms with Crippen LogP contribution in [0.1, 0.15) is 27.7 Å². The van der Waals surface area contributed by atoms with E-state index in [0.29, 0.717) is 0 Å². The third kappa shape index (κ3) is 2.61. The molecule has 0 atom stereocenters. The van der Waals surface area contributed by atoms with Gasteiger partial charge in [0.25, 0.3) is 0 Å². The molecule has 1 N–H and O–H groups in total. The van der Waals surface area contributed by atoms with Crippen molar-refractivity contribution in [1.82, 2.24) is 15.0 Å². The van der Waals surface area contributed by atoms with Gasteiger partial charge in [-0.2, -0.15) is 0 Å². The molecule has 0 unspecified atom stereocenters. The summed E-state index contributed by atoms with van der Waals surface area (Å²) in [6.45, 7) is 8.00. The van der Waals surface area contributed by atoms with Crippen molar-refractivity contribution < 1.29 is 0 Å². The zero-order chi connectivity index (χ0) is 12.7. The van der Waals surface area contributed by atoms with Crippen molar-refractivity contribution in [1.29, 1.82) is 0 Å². The van der Waals surface area contributed by atoms with Crippen LogP contribution in [-0.2, 0) is 0 Å². The SMILES string of the molecule is CC.CC.c1cnc2c(c1)[nH]c1ncccc12. The van der Waals surface area contributed by atoms with E-state index in [1.165, 1.54) is 0 Å². The lowest BCUT2D eigenvalue weighted by atomic mass is 10.3. The fraction of sp³-hybridized carbons (Fsp3) is 0.286. The van der Waals surface area contributed by atoms with Crippen molar-refractivity contribution in [2.45, 2.75) is 27.7 Å². The molecule has 0 spiro atoms. The van der Waals surface area contributed by atoms with Crippen LogP contribution in [-0.4, -0.2) is 15.0 Å². The zero-order valence-electron chi connectivity index (χ0n) is 10.9. The second-order valence-electron chi connectivity index (χ2n) is 2.92. The number of hydrogen-bond acceptors (Lipinski definition) is 2. The van der Waals surface area contributed by atoms with Crippen molar-refractivity contribution >= 4 is 22.1 Å². The first kappa shape index (κ1) is 13.2. The molecule has 17 heavy (non-hydrogen) atoms. The Bertz CT molecular complexity index is 519. The molecule has 0 amide bonds. The lowest BCUT2D eigenvalue weighted by Crippen LogP contribution is -1.72. The Morgan fingerprint density at radius 2 is 1.53 bits per heavy atom. The van der Waals surface area contributed by atoms with E-state index in [1.54, 1.807) is 12.4 Å². The maximum Gasteiger partial charge on any atom is 0.139 e. The molecule has 90 valence electrons. The first-order valence-electron chi connectivity index (χ1n) is 6.12. The van der Waals surface area contributed by atoms with E-state index < -0.39 is 0 Å². The first-order chi connectivity index (χ1) is 8.45. The molecule has 0 aliphatic carbocycles. The molecule has 0 aromatic carbocycles. The van der Waals surface area contributed by atoms with E-state index in [-0.39, 0.29) is 0 Å². The van der Waals surface area contributed by atoms with Gasteiger partial charge in [0.05, 0.1) is 11.0 Å². The van der Waals surface area contributed by atoms with Crippen molar-refractivity contribution in [2.24, 2.45) is 0 Å². The standard InChI is InChI=1S/C10H7N3.2C2H6/c1-3-7-9-8(4-2-5-11-9)13-10(7)12-6-1;2*1-2/h1-6H,(H,12,13);2*1-2H3. The summed E-state index contributed by atoms with van der Waals surface area (Å²) in [7, 11) is 0. The average molecular weight is 229 g/mol. The zero-order valence-corrected chi connectivity index (χ0v) is 10.9. The summed E-state index contributed by atoms with van der Waals surface area (Å²) in [4.78, 5) is 11.7. The molecule has 3 rings (SSSR count). The molecule has 0 fully saturated rings. The number of fused-ring (bicyclic) bond motifs is 3. The summed E-state index contributed by atoms with van der Waals surface area (Å²) < 4.78 is 0. The largest absolute Gasteiger partial charge is 0.338 e. The van der Waals surface area contributed by atoms with Gasteiger partial charge < -0.3 is 4.98 Å². The van der Waals surface area contributed by atoms with Crippen LogP contribution >= 0.6 is 0 Å². The molecule has 3 nitrogen and oxygen atoms in total. The van der Waals surface area contributed by atoms with Crippen molar-refractivity contribution in [3.8, 4) is 0 Å². The van der Waals surface area contributed by atoms with Gasteiger partial charge in [-0.25, -0.2) is 4.98 Å². The number of pyridine rings is 2. The van der Waals surface area contributed by atoms with Crippen LogP contribution < -0.4 is 0 Å². The summed E-state index contributed by atoms with van der Waals surface area (Å²) in [6, 6.07) is 7.86. The Balaban J connectivity index is 0.000000330. The summed E-state index contributed by atoms with van der Waals surface area (Å²) in [5.74, 6) is 0. The first-order valence-corrected chi connectivity index (χ1v) is 6.12. The molecule has 0 bridgehead atoms. The number of H-pyrrole nitrogens is 1. The molecule has 3 heteroatoms. The number of rotatable bonds is 0. The van der Waals surface area contributed by atoms with Gasteiger partial charge in [0.15, 0.2) is 0 Å². The second-order valence-corrected chi connectivity index (χ2v) is 2.92. The van der Waals surface area contributed by atoms with Gasteiger partial charge in [0, 0.05) is 17.8 Å². The third-order valence-electron chi connectivity index (χ3n) is 2.12.